The number of ether oxygens (including phenoxy) is 1. The van der Waals surface area contributed by atoms with E-state index in [1.54, 1.807) is 12.1 Å². The molecule has 1 heterocycles. The number of aryl methyl sites for hydroxylation is 1. The summed E-state index contributed by atoms with van der Waals surface area (Å²) >= 11 is 2.18. The average Bonchev–Trinajstić information content (AvgIpc) is 3.08. The van der Waals surface area contributed by atoms with E-state index in [4.69, 9.17) is 0 Å². The third-order valence-corrected chi connectivity index (χ3v) is 8.26. The molecule has 178 valence electrons. The molecule has 1 fully saturated rings. The minimum absolute atomic E-state index is 0.00130. The second-order valence-corrected chi connectivity index (χ2v) is 11.4. The van der Waals surface area contributed by atoms with Crippen molar-refractivity contribution in [3.63, 3.8) is 0 Å². The molecule has 1 aromatic rings. The van der Waals surface area contributed by atoms with Crippen LogP contribution < -0.4 is 0 Å². The zero-order valence-corrected chi connectivity index (χ0v) is 21.8. The molecule has 0 bridgehead atoms. The van der Waals surface area contributed by atoms with Gasteiger partial charge in [0.25, 0.3) is 0 Å². The maximum Gasteiger partial charge on any atom is 0.376 e. The first-order chi connectivity index (χ1) is 14.9. The first-order valence-corrected chi connectivity index (χ1v) is 13.5. The molecule has 2 unspecified atom stereocenters. The van der Waals surface area contributed by atoms with Gasteiger partial charge in [-0.25, -0.2) is 13.2 Å². The van der Waals surface area contributed by atoms with Gasteiger partial charge in [0.1, 0.15) is 0 Å². The Bertz CT molecular complexity index is 970. The zero-order chi connectivity index (χ0) is 24.2. The number of alkyl halides is 3. The number of halogens is 3. The largest absolute Gasteiger partial charge is 0.462 e. The van der Waals surface area contributed by atoms with Crippen LogP contribution in [-0.4, -0.2) is 48.7 Å². The predicted molar refractivity (Wildman–Crippen MR) is 128 cm³/mol. The van der Waals surface area contributed by atoms with E-state index >= 15 is 0 Å². The van der Waals surface area contributed by atoms with Crippen LogP contribution in [0.1, 0.15) is 39.2 Å². The first-order valence-electron chi connectivity index (χ1n) is 10.6. The van der Waals surface area contributed by atoms with Crippen LogP contribution >= 0.6 is 22.6 Å². The highest BCUT2D eigenvalue weighted by Gasteiger charge is 2.56. The second-order valence-electron chi connectivity index (χ2n) is 8.37. The van der Waals surface area contributed by atoms with Crippen molar-refractivity contribution in [3.05, 3.63) is 29.8 Å². The lowest BCUT2D eigenvalue weighted by atomic mass is 9.68. The van der Waals surface area contributed by atoms with Crippen LogP contribution in [0, 0.1) is 36.0 Å². The van der Waals surface area contributed by atoms with Gasteiger partial charge in [0, 0.05) is 30.4 Å². The molecular formula is C23H30F2INO4S. The van der Waals surface area contributed by atoms with Gasteiger partial charge in [-0.1, -0.05) is 60.1 Å². The molecule has 0 spiro atoms. The van der Waals surface area contributed by atoms with E-state index in [1.165, 1.54) is 23.4 Å². The van der Waals surface area contributed by atoms with Crippen LogP contribution in [0.25, 0.3) is 0 Å². The Hall–Kier alpha value is -1.25. The van der Waals surface area contributed by atoms with E-state index in [-0.39, 0.29) is 30.5 Å². The molecule has 5 nitrogen and oxygen atoms in total. The third-order valence-electron chi connectivity index (χ3n) is 5.90. The normalized spacial score (nSPS) is 21.9. The number of nitrogens with zero attached hydrogens (tertiary/aromatic N) is 1. The van der Waals surface area contributed by atoms with Crippen LogP contribution in [0.4, 0.5) is 8.78 Å². The van der Waals surface area contributed by atoms with Crippen molar-refractivity contribution in [2.45, 2.75) is 51.4 Å². The Balaban J connectivity index is 2.49. The van der Waals surface area contributed by atoms with E-state index < -0.39 is 39.7 Å². The number of sulfonamides is 1. The summed E-state index contributed by atoms with van der Waals surface area (Å²) in [6, 6.07) is 6.44. The highest BCUT2D eigenvalue weighted by atomic mass is 127. The van der Waals surface area contributed by atoms with Gasteiger partial charge in [-0.05, 0) is 37.8 Å². The smallest absolute Gasteiger partial charge is 0.376 e. The number of benzene rings is 1. The minimum atomic E-state index is -3.91. The molecule has 1 aliphatic rings. The van der Waals surface area contributed by atoms with E-state index in [0.717, 1.165) is 9.99 Å². The molecule has 0 aromatic heterocycles. The first kappa shape index (κ1) is 27.0. The Morgan fingerprint density at radius 2 is 1.97 bits per heavy atom. The molecular weight excluding hydrogens is 551 g/mol. The quantitative estimate of drug-likeness (QED) is 0.194. The van der Waals surface area contributed by atoms with E-state index in [9.17, 15) is 22.0 Å². The Morgan fingerprint density at radius 3 is 2.50 bits per heavy atom. The van der Waals surface area contributed by atoms with Gasteiger partial charge in [0.15, 0.2) is 0 Å². The summed E-state index contributed by atoms with van der Waals surface area (Å²) in [6.07, 6.45) is -0.246. The molecule has 2 atom stereocenters. The molecule has 1 aromatic carbocycles. The van der Waals surface area contributed by atoms with Crippen molar-refractivity contribution >= 4 is 38.6 Å². The average molecular weight is 581 g/mol. The fraction of sp³-hybridized carbons (Fsp3) is 0.609. The van der Waals surface area contributed by atoms with Crippen LogP contribution in [-0.2, 0) is 19.6 Å². The summed E-state index contributed by atoms with van der Waals surface area (Å²) in [5.74, 6) is -0.141. The summed E-state index contributed by atoms with van der Waals surface area (Å²) in [6.45, 7) is 6.74. The monoisotopic (exact) mass is 581 g/mol. The van der Waals surface area contributed by atoms with E-state index in [2.05, 4.69) is 39.2 Å². The van der Waals surface area contributed by atoms with Crippen molar-refractivity contribution in [3.8, 4) is 11.8 Å². The lowest BCUT2D eigenvalue weighted by molar-refractivity contribution is -0.174. The molecule has 0 N–H and O–H groups in total. The van der Waals surface area contributed by atoms with Gasteiger partial charge in [-0.2, -0.15) is 13.1 Å². The zero-order valence-electron chi connectivity index (χ0n) is 18.8. The van der Waals surface area contributed by atoms with E-state index in [0.29, 0.717) is 6.42 Å². The van der Waals surface area contributed by atoms with Crippen molar-refractivity contribution in [2.75, 3.05) is 24.1 Å². The number of carbonyl (C=O) groups excluding carboxylic acids is 1. The predicted octanol–water partition coefficient (Wildman–Crippen LogP) is 4.67. The minimum Gasteiger partial charge on any atom is -0.462 e. The molecule has 0 saturated carbocycles. The van der Waals surface area contributed by atoms with Gasteiger partial charge in [-0.15, -0.1) is 5.92 Å². The van der Waals surface area contributed by atoms with Crippen LogP contribution in [0.15, 0.2) is 29.2 Å². The number of rotatable bonds is 8. The summed E-state index contributed by atoms with van der Waals surface area (Å²) in [4.78, 5) is 12.0. The van der Waals surface area contributed by atoms with Gasteiger partial charge in [0.05, 0.1) is 16.9 Å². The van der Waals surface area contributed by atoms with Crippen molar-refractivity contribution in [1.82, 2.24) is 4.31 Å². The van der Waals surface area contributed by atoms with Crippen LogP contribution in [0.5, 0.6) is 0 Å². The second kappa shape index (κ2) is 10.8. The molecule has 1 saturated heterocycles. The number of hydrogen-bond acceptors (Lipinski definition) is 4. The number of carbonyl (C=O) groups is 1. The maximum atomic E-state index is 14.8. The lowest BCUT2D eigenvalue weighted by Crippen LogP contribution is -2.41. The highest BCUT2D eigenvalue weighted by Crippen LogP contribution is 2.48. The summed E-state index contributed by atoms with van der Waals surface area (Å²) in [7, 11) is -3.91. The van der Waals surface area contributed by atoms with Crippen LogP contribution in [0.3, 0.4) is 0 Å². The Labute approximate surface area is 203 Å². The fourth-order valence-electron chi connectivity index (χ4n) is 4.03. The summed E-state index contributed by atoms with van der Waals surface area (Å²) in [5.41, 5.74) is -0.0852. The van der Waals surface area contributed by atoms with Crippen molar-refractivity contribution in [1.29, 1.82) is 0 Å². The van der Waals surface area contributed by atoms with Gasteiger partial charge >= 0.3 is 11.9 Å². The van der Waals surface area contributed by atoms with Crippen LogP contribution in [0.2, 0.25) is 0 Å². The molecule has 9 heteroatoms. The molecule has 32 heavy (non-hydrogen) atoms. The Morgan fingerprint density at radius 1 is 1.34 bits per heavy atom. The highest BCUT2D eigenvalue weighted by molar-refractivity contribution is 14.1. The molecule has 0 amide bonds. The third kappa shape index (κ3) is 5.81. The van der Waals surface area contributed by atoms with Crippen molar-refractivity contribution in [2.24, 2.45) is 17.3 Å². The standard InChI is InChI=1S/C23H30F2INO4S/c1-5-31-21(28)23(24,25)14-19-15-27(16-22(19,17(2)3)12-6-7-13-26)32(29,30)20-10-8-18(4)9-11-20/h8-11,17,19H,5,7,13-16H2,1-4H3. The molecule has 1 aliphatic heterocycles. The SMILES string of the molecule is CCOC(=O)C(F)(F)CC1CN(S(=O)(=O)c2ccc(C)cc2)CC1(C#CCCI)C(C)C. The lowest BCUT2D eigenvalue weighted by Gasteiger charge is -2.35. The van der Waals surface area contributed by atoms with Crippen molar-refractivity contribution < 1.29 is 26.7 Å². The number of esters is 1. The molecule has 2 rings (SSSR count). The number of hydrogen-bond donors (Lipinski definition) is 0. The summed E-state index contributed by atoms with van der Waals surface area (Å²) < 4.78 is 62.7. The summed E-state index contributed by atoms with van der Waals surface area (Å²) in [5, 5.41) is 0. The fourth-order valence-corrected chi connectivity index (χ4v) is 5.83. The molecule has 0 aliphatic carbocycles. The molecule has 0 radical (unpaired) electrons. The maximum absolute atomic E-state index is 14.8. The van der Waals surface area contributed by atoms with E-state index in [1.807, 2.05) is 20.8 Å². The topological polar surface area (TPSA) is 63.7 Å². The Kier molecular flexibility index (Phi) is 9.10. The van der Waals surface area contributed by atoms with Gasteiger partial charge < -0.3 is 4.74 Å². The van der Waals surface area contributed by atoms with Gasteiger partial charge in [0.2, 0.25) is 10.0 Å². The van der Waals surface area contributed by atoms with Gasteiger partial charge in [-0.3, -0.25) is 0 Å².